The first-order valence-corrected chi connectivity index (χ1v) is 8.60. The number of anilines is 3. The van der Waals surface area contributed by atoms with Crippen LogP contribution >= 0.6 is 0 Å². The predicted octanol–water partition coefficient (Wildman–Crippen LogP) is 3.93. The molecule has 0 unspecified atom stereocenters. The summed E-state index contributed by atoms with van der Waals surface area (Å²) in [7, 11) is 0. The van der Waals surface area contributed by atoms with Crippen LogP contribution in [-0.4, -0.2) is 28.7 Å². The van der Waals surface area contributed by atoms with Crippen LogP contribution in [-0.2, 0) is 4.74 Å². The Hall–Kier alpha value is -3.88. The highest BCUT2D eigenvalue weighted by Gasteiger charge is 2.11. The second-order valence-electron chi connectivity index (χ2n) is 5.81. The summed E-state index contributed by atoms with van der Waals surface area (Å²) in [4.78, 5) is 23.7. The molecular formula is C20H16F2N4O3. The van der Waals surface area contributed by atoms with Gasteiger partial charge in [-0.1, -0.05) is 0 Å². The summed E-state index contributed by atoms with van der Waals surface area (Å²) in [6, 6.07) is 12.5. The van der Waals surface area contributed by atoms with Crippen LogP contribution in [0.4, 0.5) is 26.1 Å². The van der Waals surface area contributed by atoms with E-state index < -0.39 is 23.5 Å². The van der Waals surface area contributed by atoms with Gasteiger partial charge in [-0.2, -0.15) is 0 Å². The predicted molar refractivity (Wildman–Crippen MR) is 102 cm³/mol. The van der Waals surface area contributed by atoms with Gasteiger partial charge in [0.2, 0.25) is 0 Å². The minimum Gasteiger partial charge on any atom is -0.462 e. The lowest BCUT2D eigenvalue weighted by molar-refractivity contribution is 0.0526. The maximum atomic E-state index is 13.2. The fourth-order valence-corrected chi connectivity index (χ4v) is 2.34. The molecule has 148 valence electrons. The topological polar surface area (TPSA) is 93.2 Å². The molecule has 29 heavy (non-hydrogen) atoms. The molecule has 0 bridgehead atoms. The zero-order valence-electron chi connectivity index (χ0n) is 15.3. The molecule has 3 rings (SSSR count). The van der Waals surface area contributed by atoms with Crippen molar-refractivity contribution in [3.63, 3.8) is 0 Å². The lowest BCUT2D eigenvalue weighted by Crippen LogP contribution is -2.14. The smallest absolute Gasteiger partial charge is 0.338 e. The monoisotopic (exact) mass is 398 g/mol. The van der Waals surface area contributed by atoms with Crippen LogP contribution in [0, 0.1) is 11.6 Å². The Kier molecular flexibility index (Phi) is 6.08. The van der Waals surface area contributed by atoms with Crippen LogP contribution in [0.25, 0.3) is 0 Å². The SMILES string of the molecule is CCOC(=O)c1ccc(Nc2ccc(NC(=O)c3ccc(F)c(F)c3)nn2)cc1. The van der Waals surface area contributed by atoms with Crippen LogP contribution in [0.2, 0.25) is 0 Å². The second kappa shape index (κ2) is 8.87. The van der Waals surface area contributed by atoms with E-state index in [1.807, 2.05) is 0 Å². The van der Waals surface area contributed by atoms with Gasteiger partial charge in [-0.25, -0.2) is 13.6 Å². The van der Waals surface area contributed by atoms with Gasteiger partial charge in [-0.15, -0.1) is 10.2 Å². The molecule has 0 spiro atoms. The standard InChI is InChI=1S/C20H16F2N4O3/c1-2-29-20(28)12-3-6-14(7-4-12)23-17-9-10-18(26-25-17)24-19(27)13-5-8-15(21)16(22)11-13/h3-11H,2H2,1H3,(H,23,25)(H,24,26,27). The molecule has 0 aliphatic carbocycles. The van der Waals surface area contributed by atoms with E-state index in [-0.39, 0.29) is 11.4 Å². The van der Waals surface area contributed by atoms with Gasteiger partial charge in [-0.3, -0.25) is 4.79 Å². The zero-order chi connectivity index (χ0) is 20.8. The Morgan fingerprint density at radius 3 is 2.17 bits per heavy atom. The third-order valence-corrected chi connectivity index (χ3v) is 3.76. The minimum atomic E-state index is -1.11. The molecule has 0 aliphatic heterocycles. The van der Waals surface area contributed by atoms with Crippen molar-refractivity contribution in [3.05, 3.63) is 77.4 Å². The van der Waals surface area contributed by atoms with Crippen LogP contribution in [0.1, 0.15) is 27.6 Å². The summed E-state index contributed by atoms with van der Waals surface area (Å²) in [6.45, 7) is 2.03. The minimum absolute atomic E-state index is 0.0467. The second-order valence-corrected chi connectivity index (χ2v) is 5.81. The molecule has 1 aromatic heterocycles. The molecule has 0 saturated carbocycles. The van der Waals surface area contributed by atoms with Gasteiger partial charge in [0.25, 0.3) is 5.91 Å². The van der Waals surface area contributed by atoms with Crippen LogP contribution in [0.15, 0.2) is 54.6 Å². The van der Waals surface area contributed by atoms with Crippen LogP contribution in [0.5, 0.6) is 0 Å². The number of nitrogens with one attached hydrogen (secondary N) is 2. The van der Waals surface area contributed by atoms with Crippen LogP contribution < -0.4 is 10.6 Å². The number of benzene rings is 2. The molecule has 0 radical (unpaired) electrons. The van der Waals surface area contributed by atoms with Gasteiger partial charge in [0, 0.05) is 11.3 Å². The van der Waals surface area contributed by atoms with Crippen molar-refractivity contribution in [2.24, 2.45) is 0 Å². The fraction of sp³-hybridized carbons (Fsp3) is 0.100. The largest absolute Gasteiger partial charge is 0.462 e. The molecule has 1 amide bonds. The third kappa shape index (κ3) is 5.10. The highest BCUT2D eigenvalue weighted by atomic mass is 19.2. The molecule has 2 N–H and O–H groups in total. The number of carbonyl (C=O) groups excluding carboxylic acids is 2. The Bertz CT molecular complexity index is 1020. The highest BCUT2D eigenvalue weighted by Crippen LogP contribution is 2.17. The molecular weight excluding hydrogens is 382 g/mol. The molecule has 0 saturated heterocycles. The summed E-state index contributed by atoms with van der Waals surface area (Å²) >= 11 is 0. The highest BCUT2D eigenvalue weighted by molar-refractivity contribution is 6.03. The van der Waals surface area contributed by atoms with Crippen LogP contribution in [0.3, 0.4) is 0 Å². The van der Waals surface area contributed by atoms with Gasteiger partial charge in [-0.05, 0) is 61.5 Å². The molecule has 3 aromatic rings. The number of hydrogen-bond acceptors (Lipinski definition) is 6. The number of halogens is 2. The third-order valence-electron chi connectivity index (χ3n) is 3.76. The Balaban J connectivity index is 1.62. The van der Waals surface area contributed by atoms with Gasteiger partial charge in [0.05, 0.1) is 12.2 Å². The van der Waals surface area contributed by atoms with Crippen molar-refractivity contribution in [1.29, 1.82) is 0 Å². The van der Waals surface area contributed by atoms with Gasteiger partial charge in [0.1, 0.15) is 0 Å². The summed E-state index contributed by atoms with van der Waals surface area (Å²) < 4.78 is 31.1. The van der Waals surface area contributed by atoms with Gasteiger partial charge < -0.3 is 15.4 Å². The number of rotatable bonds is 6. The molecule has 1 heterocycles. The number of nitrogens with zero attached hydrogens (tertiary/aromatic N) is 2. The summed E-state index contributed by atoms with van der Waals surface area (Å²) in [5.74, 6) is -2.65. The maximum absolute atomic E-state index is 13.2. The van der Waals surface area contributed by atoms with Crippen molar-refractivity contribution in [1.82, 2.24) is 10.2 Å². The van der Waals surface area contributed by atoms with E-state index in [2.05, 4.69) is 20.8 Å². The lowest BCUT2D eigenvalue weighted by atomic mass is 10.2. The van der Waals surface area contributed by atoms with E-state index in [1.165, 1.54) is 6.07 Å². The number of hydrogen-bond donors (Lipinski definition) is 2. The average molecular weight is 398 g/mol. The van der Waals surface area contributed by atoms with E-state index in [1.54, 1.807) is 37.3 Å². The van der Waals surface area contributed by atoms with E-state index in [9.17, 15) is 18.4 Å². The Morgan fingerprint density at radius 2 is 1.55 bits per heavy atom. The van der Waals surface area contributed by atoms with Crippen molar-refractivity contribution < 1.29 is 23.1 Å². The number of carbonyl (C=O) groups is 2. The van der Waals surface area contributed by atoms with E-state index in [0.29, 0.717) is 23.7 Å². The average Bonchev–Trinajstić information content (AvgIpc) is 2.72. The van der Waals surface area contributed by atoms with Crippen molar-refractivity contribution in [2.75, 3.05) is 17.2 Å². The summed E-state index contributed by atoms with van der Waals surface area (Å²) in [5.41, 5.74) is 1.05. The van der Waals surface area contributed by atoms with Crippen molar-refractivity contribution in [2.45, 2.75) is 6.92 Å². The van der Waals surface area contributed by atoms with E-state index in [4.69, 9.17) is 4.74 Å². The van der Waals surface area contributed by atoms with Crippen molar-refractivity contribution in [3.8, 4) is 0 Å². The first-order valence-electron chi connectivity index (χ1n) is 8.60. The first kappa shape index (κ1) is 19.9. The van der Waals surface area contributed by atoms with E-state index in [0.717, 1.165) is 18.2 Å². The zero-order valence-corrected chi connectivity index (χ0v) is 15.3. The molecule has 2 aromatic carbocycles. The lowest BCUT2D eigenvalue weighted by Gasteiger charge is -2.08. The van der Waals surface area contributed by atoms with Gasteiger partial charge >= 0.3 is 5.97 Å². The molecule has 0 fully saturated rings. The quantitative estimate of drug-likeness (QED) is 0.611. The summed E-state index contributed by atoms with van der Waals surface area (Å²) in [6.07, 6.45) is 0. The van der Waals surface area contributed by atoms with Crippen molar-refractivity contribution >= 4 is 29.2 Å². The summed E-state index contributed by atoms with van der Waals surface area (Å²) in [5, 5.41) is 13.2. The Morgan fingerprint density at radius 1 is 0.897 bits per heavy atom. The first-order chi connectivity index (χ1) is 14.0. The molecule has 7 nitrogen and oxygen atoms in total. The number of ether oxygens (including phenoxy) is 1. The van der Waals surface area contributed by atoms with E-state index >= 15 is 0 Å². The molecule has 9 heteroatoms. The molecule has 0 aliphatic rings. The molecule has 0 atom stereocenters. The Labute approximate surface area is 164 Å². The number of esters is 1. The maximum Gasteiger partial charge on any atom is 0.338 e. The normalized spacial score (nSPS) is 10.3. The number of amides is 1. The number of aromatic nitrogens is 2. The fourth-order valence-electron chi connectivity index (χ4n) is 2.34. The van der Waals surface area contributed by atoms with Gasteiger partial charge in [0.15, 0.2) is 23.3 Å².